The first-order valence-corrected chi connectivity index (χ1v) is 13.3. The minimum absolute atomic E-state index is 0.0482. The molecular weight excluding hydrogens is 494 g/mol. The Labute approximate surface area is 222 Å². The number of H-pyrrole nitrogens is 1. The molecule has 3 rings (SSSR count). The number of aromatic amines is 1. The summed E-state index contributed by atoms with van der Waals surface area (Å²) < 4.78 is 28.0. The van der Waals surface area contributed by atoms with Crippen LogP contribution in [-0.2, 0) is 49.3 Å². The van der Waals surface area contributed by atoms with Gasteiger partial charge in [0.15, 0.2) is 12.2 Å². The van der Waals surface area contributed by atoms with Crippen LogP contribution in [-0.4, -0.2) is 60.1 Å². The maximum atomic E-state index is 12.8. The molecule has 10 nitrogen and oxygen atoms in total. The predicted octanol–water partition coefficient (Wildman–Crippen LogP) is 4.14. The molecule has 0 bridgehead atoms. The molecular formula is C28H37NO9. The zero-order chi connectivity index (χ0) is 27.5. The van der Waals surface area contributed by atoms with Gasteiger partial charge in [-0.3, -0.25) is 19.2 Å². The first-order valence-electron chi connectivity index (χ1n) is 13.3. The number of hydrogen-bond donors (Lipinski definition) is 1. The highest BCUT2D eigenvalue weighted by Gasteiger charge is 2.49. The van der Waals surface area contributed by atoms with Gasteiger partial charge < -0.3 is 28.7 Å². The second-order valence-electron chi connectivity index (χ2n) is 9.24. The van der Waals surface area contributed by atoms with Gasteiger partial charge in [0.1, 0.15) is 0 Å². The fourth-order valence-corrected chi connectivity index (χ4v) is 4.24. The van der Waals surface area contributed by atoms with Crippen molar-refractivity contribution in [1.82, 2.24) is 4.98 Å². The summed E-state index contributed by atoms with van der Waals surface area (Å²) in [5.41, 5.74) is 1.93. The zero-order valence-electron chi connectivity index (χ0n) is 22.2. The summed E-state index contributed by atoms with van der Waals surface area (Å²) in [6.07, 6.45) is -0.483. The van der Waals surface area contributed by atoms with E-state index in [1.54, 1.807) is 0 Å². The van der Waals surface area contributed by atoms with Crippen molar-refractivity contribution >= 4 is 34.8 Å². The second kappa shape index (κ2) is 14.5. The van der Waals surface area contributed by atoms with Crippen molar-refractivity contribution in [3.05, 3.63) is 36.0 Å². The van der Waals surface area contributed by atoms with Gasteiger partial charge in [0.2, 0.25) is 12.4 Å². The molecule has 1 fully saturated rings. The van der Waals surface area contributed by atoms with Crippen LogP contribution in [0.5, 0.6) is 0 Å². The predicted molar refractivity (Wildman–Crippen MR) is 137 cm³/mol. The lowest BCUT2D eigenvalue weighted by atomic mass is 10.0. The second-order valence-corrected chi connectivity index (χ2v) is 9.24. The van der Waals surface area contributed by atoms with Gasteiger partial charge in [-0.05, 0) is 37.3 Å². The van der Waals surface area contributed by atoms with Crippen LogP contribution in [0, 0.1) is 0 Å². The highest BCUT2D eigenvalue weighted by Crippen LogP contribution is 2.27. The van der Waals surface area contributed by atoms with E-state index in [0.717, 1.165) is 16.5 Å². The Balaban J connectivity index is 1.75. The molecule has 0 saturated carbocycles. The molecule has 2 aromatic rings. The third-order valence-corrected chi connectivity index (χ3v) is 6.08. The molecule has 2 heterocycles. The smallest absolute Gasteiger partial charge is 0.308 e. The van der Waals surface area contributed by atoms with Crippen molar-refractivity contribution < 1.29 is 42.9 Å². The molecule has 208 valence electrons. The Morgan fingerprint density at radius 3 is 2.03 bits per heavy atom. The zero-order valence-corrected chi connectivity index (χ0v) is 22.2. The summed E-state index contributed by atoms with van der Waals surface area (Å²) in [7, 11) is 0. The van der Waals surface area contributed by atoms with E-state index in [1.165, 1.54) is 0 Å². The van der Waals surface area contributed by atoms with E-state index in [4.69, 9.17) is 23.7 Å². The minimum Gasteiger partial charge on any atom is -0.456 e. The average Bonchev–Trinajstić information content (AvgIpc) is 3.29. The quantitative estimate of drug-likeness (QED) is 0.299. The van der Waals surface area contributed by atoms with E-state index in [-0.39, 0.29) is 32.3 Å². The van der Waals surface area contributed by atoms with Crippen LogP contribution in [0.4, 0.5) is 0 Å². The number of rotatable bonds is 13. The number of ether oxygens (including phenoxy) is 5. The molecule has 4 atom stereocenters. The molecule has 1 aliphatic heterocycles. The molecule has 0 aliphatic carbocycles. The van der Waals surface area contributed by atoms with Crippen LogP contribution in [0.25, 0.3) is 10.9 Å². The van der Waals surface area contributed by atoms with Gasteiger partial charge in [-0.15, -0.1) is 0 Å². The van der Waals surface area contributed by atoms with Crippen LogP contribution in [0.2, 0.25) is 0 Å². The summed E-state index contributed by atoms with van der Waals surface area (Å²) in [5, 5.41) is 1.01. The molecule has 0 spiro atoms. The maximum Gasteiger partial charge on any atom is 0.308 e. The Morgan fingerprint density at radius 2 is 1.37 bits per heavy atom. The minimum atomic E-state index is -1.33. The van der Waals surface area contributed by atoms with Gasteiger partial charge in [0.05, 0.1) is 6.61 Å². The number of aryl methyl sites for hydroxylation is 1. The van der Waals surface area contributed by atoms with Crippen LogP contribution in [0.3, 0.4) is 0 Å². The molecule has 0 unspecified atom stereocenters. The summed E-state index contributed by atoms with van der Waals surface area (Å²) >= 11 is 0. The summed E-state index contributed by atoms with van der Waals surface area (Å²) in [6.45, 7) is 5.27. The van der Waals surface area contributed by atoms with Crippen molar-refractivity contribution in [2.45, 2.75) is 96.7 Å². The standard InChI is InChI=1S/C28H37NO9/c1-4-9-22(30)35-21-17-34-28(27(37-24(32)11-6-3)26(21)36-23(31)10-5-2)38-25(33)15-14-18-16-29-20-13-8-7-12-19(18)20/h7-8,12-13,16,21,26-29H,4-6,9-11,14-15,17H2,1-3H3/t21-,26-,27+,28+/m0/s1. The number of nitrogens with one attached hydrogen (secondary N) is 1. The van der Waals surface area contributed by atoms with Crippen molar-refractivity contribution in [3.63, 3.8) is 0 Å². The van der Waals surface area contributed by atoms with Gasteiger partial charge >= 0.3 is 23.9 Å². The van der Waals surface area contributed by atoms with E-state index in [9.17, 15) is 19.2 Å². The summed E-state index contributed by atoms with van der Waals surface area (Å²) in [4.78, 5) is 53.1. The van der Waals surface area contributed by atoms with Gasteiger partial charge in [0, 0.05) is 42.8 Å². The largest absolute Gasteiger partial charge is 0.456 e. The van der Waals surface area contributed by atoms with Crippen molar-refractivity contribution in [2.75, 3.05) is 6.61 Å². The molecule has 0 amide bonds. The molecule has 0 radical (unpaired) electrons. The average molecular weight is 532 g/mol. The van der Waals surface area contributed by atoms with E-state index >= 15 is 0 Å². The van der Waals surface area contributed by atoms with E-state index in [0.29, 0.717) is 25.7 Å². The van der Waals surface area contributed by atoms with Gasteiger partial charge in [0.25, 0.3) is 0 Å². The van der Waals surface area contributed by atoms with E-state index < -0.39 is 48.5 Å². The fraction of sp³-hybridized carbons (Fsp3) is 0.571. The van der Waals surface area contributed by atoms with Crippen molar-refractivity contribution in [3.8, 4) is 0 Å². The first-order chi connectivity index (χ1) is 18.4. The number of benzene rings is 1. The van der Waals surface area contributed by atoms with Crippen molar-refractivity contribution in [1.29, 1.82) is 0 Å². The molecule has 10 heteroatoms. The highest BCUT2D eigenvalue weighted by atomic mass is 16.7. The number of carbonyl (C=O) groups excluding carboxylic acids is 4. The topological polar surface area (TPSA) is 130 Å². The number of para-hydroxylation sites is 1. The van der Waals surface area contributed by atoms with Gasteiger partial charge in [-0.2, -0.15) is 0 Å². The Kier molecular flexibility index (Phi) is 11.1. The number of esters is 4. The lowest BCUT2D eigenvalue weighted by Crippen LogP contribution is -2.58. The Bertz CT molecular complexity index is 1090. The fourth-order valence-electron chi connectivity index (χ4n) is 4.24. The molecule has 38 heavy (non-hydrogen) atoms. The molecule has 1 aliphatic rings. The summed E-state index contributed by atoms with van der Waals surface area (Å²) in [5.74, 6) is -2.18. The Hall–Kier alpha value is -3.40. The number of aromatic nitrogens is 1. The maximum absolute atomic E-state index is 12.8. The molecule has 1 saturated heterocycles. The SMILES string of the molecule is CCCC(=O)O[C@@H]1[C@@H](OC(=O)CCC)[C@@H](OC(=O)CCc2c[nH]c3ccccc23)OC[C@@H]1OC(=O)CCC. The van der Waals surface area contributed by atoms with Gasteiger partial charge in [-0.1, -0.05) is 39.0 Å². The van der Waals surface area contributed by atoms with E-state index in [1.807, 2.05) is 51.2 Å². The molecule has 1 aromatic heterocycles. The first kappa shape index (κ1) is 29.2. The van der Waals surface area contributed by atoms with Gasteiger partial charge in [-0.25, -0.2) is 0 Å². The monoisotopic (exact) mass is 531 g/mol. The van der Waals surface area contributed by atoms with Crippen molar-refractivity contribution in [2.24, 2.45) is 0 Å². The summed E-state index contributed by atoms with van der Waals surface area (Å²) in [6, 6.07) is 7.77. The normalized spacial score (nSPS) is 21.0. The number of fused-ring (bicyclic) bond motifs is 1. The molecule has 1 N–H and O–H groups in total. The number of carbonyl (C=O) groups is 4. The molecule has 1 aromatic carbocycles. The lowest BCUT2D eigenvalue weighted by Gasteiger charge is -2.40. The number of hydrogen-bond acceptors (Lipinski definition) is 9. The highest BCUT2D eigenvalue weighted by molar-refractivity contribution is 5.83. The van der Waals surface area contributed by atoms with Crippen LogP contribution in [0.15, 0.2) is 30.5 Å². The van der Waals surface area contributed by atoms with Crippen LogP contribution in [0.1, 0.15) is 71.3 Å². The van der Waals surface area contributed by atoms with E-state index in [2.05, 4.69) is 4.98 Å². The van der Waals surface area contributed by atoms with Crippen LogP contribution < -0.4 is 0 Å². The third kappa shape index (κ3) is 8.05. The van der Waals surface area contributed by atoms with Crippen LogP contribution >= 0.6 is 0 Å². The lowest BCUT2D eigenvalue weighted by molar-refractivity contribution is -0.275. The Morgan fingerprint density at radius 1 is 0.789 bits per heavy atom. The third-order valence-electron chi connectivity index (χ3n) is 6.08.